The van der Waals surface area contributed by atoms with Gasteiger partial charge in [-0.3, -0.25) is 4.79 Å². The van der Waals surface area contributed by atoms with Crippen LogP contribution in [0.2, 0.25) is 0 Å². The van der Waals surface area contributed by atoms with E-state index in [1.807, 2.05) is 37.3 Å². The van der Waals surface area contributed by atoms with Crippen molar-refractivity contribution in [3.8, 4) is 0 Å². The number of benzene rings is 1. The van der Waals surface area contributed by atoms with E-state index in [-0.39, 0.29) is 11.9 Å². The lowest BCUT2D eigenvalue weighted by Crippen LogP contribution is -2.45. The Labute approximate surface area is 106 Å². The Balaban J connectivity index is 2.34. The topological polar surface area (TPSA) is 55.4 Å². The molecular weight excluding hydrogens is 230 g/mol. The van der Waals surface area contributed by atoms with Gasteiger partial charge in [-0.25, -0.2) is 4.79 Å². The van der Waals surface area contributed by atoms with Crippen molar-refractivity contribution < 1.29 is 14.3 Å². The van der Waals surface area contributed by atoms with Crippen LogP contribution in [0.5, 0.6) is 0 Å². The maximum atomic E-state index is 11.9. The van der Waals surface area contributed by atoms with Crippen LogP contribution in [-0.2, 0) is 19.7 Å². The first-order valence-corrected chi connectivity index (χ1v) is 6.09. The molecule has 1 fully saturated rings. The number of hydrogen-bond acceptors (Lipinski definition) is 3. The van der Waals surface area contributed by atoms with Crippen LogP contribution in [0.1, 0.15) is 25.8 Å². The largest absolute Gasteiger partial charge is 0.464 e. The van der Waals surface area contributed by atoms with Crippen LogP contribution in [-0.4, -0.2) is 24.5 Å². The molecule has 0 bridgehead atoms. The van der Waals surface area contributed by atoms with Crippen LogP contribution in [0, 0.1) is 0 Å². The minimum absolute atomic E-state index is 0.112. The first kappa shape index (κ1) is 12.6. The smallest absolute Gasteiger partial charge is 0.329 e. The average Bonchev–Trinajstić information content (AvgIpc) is 2.68. The molecule has 2 atom stereocenters. The standard InChI is InChI=1S/C14H17NO3/c1-3-18-13(17)12-14(2,9-11(16)15-12)10-7-5-4-6-8-10/h4-8,12H,3,9H2,1-2H3,(H,15,16). The second-order valence-corrected chi connectivity index (χ2v) is 4.71. The third-order valence-electron chi connectivity index (χ3n) is 3.43. The Bertz CT molecular complexity index is 457. The first-order chi connectivity index (χ1) is 8.58. The van der Waals surface area contributed by atoms with E-state index in [1.165, 1.54) is 0 Å². The van der Waals surface area contributed by atoms with Gasteiger partial charge in [0.25, 0.3) is 0 Å². The van der Waals surface area contributed by atoms with E-state index in [4.69, 9.17) is 4.74 Å². The summed E-state index contributed by atoms with van der Waals surface area (Å²) in [5, 5.41) is 2.71. The van der Waals surface area contributed by atoms with Gasteiger partial charge in [0.2, 0.25) is 5.91 Å². The lowest BCUT2D eigenvalue weighted by molar-refractivity contribution is -0.147. The molecule has 4 heteroatoms. The third kappa shape index (κ3) is 2.10. The summed E-state index contributed by atoms with van der Waals surface area (Å²) in [5.41, 5.74) is 0.436. The Morgan fingerprint density at radius 1 is 1.44 bits per heavy atom. The maximum absolute atomic E-state index is 11.9. The van der Waals surface area contributed by atoms with E-state index in [1.54, 1.807) is 6.92 Å². The summed E-state index contributed by atoms with van der Waals surface area (Å²) in [5.74, 6) is -0.478. The van der Waals surface area contributed by atoms with E-state index >= 15 is 0 Å². The van der Waals surface area contributed by atoms with Gasteiger partial charge in [-0.05, 0) is 12.5 Å². The average molecular weight is 247 g/mol. The molecule has 1 amide bonds. The van der Waals surface area contributed by atoms with Gasteiger partial charge in [0, 0.05) is 11.8 Å². The van der Waals surface area contributed by atoms with Crippen LogP contribution in [0.3, 0.4) is 0 Å². The van der Waals surface area contributed by atoms with Gasteiger partial charge in [-0.2, -0.15) is 0 Å². The summed E-state index contributed by atoms with van der Waals surface area (Å²) >= 11 is 0. The minimum Gasteiger partial charge on any atom is -0.464 e. The Kier molecular flexibility index (Phi) is 3.36. The molecule has 0 aromatic heterocycles. The molecule has 1 aromatic carbocycles. The highest BCUT2D eigenvalue weighted by Gasteiger charge is 2.49. The zero-order valence-electron chi connectivity index (χ0n) is 10.6. The van der Waals surface area contributed by atoms with Crippen molar-refractivity contribution >= 4 is 11.9 Å². The number of carbonyl (C=O) groups is 2. The Morgan fingerprint density at radius 3 is 2.72 bits per heavy atom. The molecule has 0 saturated carbocycles. The number of esters is 1. The number of nitrogens with one attached hydrogen (secondary N) is 1. The third-order valence-corrected chi connectivity index (χ3v) is 3.43. The number of hydrogen-bond donors (Lipinski definition) is 1. The van der Waals surface area contributed by atoms with Crippen LogP contribution < -0.4 is 5.32 Å². The molecule has 0 radical (unpaired) electrons. The van der Waals surface area contributed by atoms with Crippen molar-refractivity contribution in [2.75, 3.05) is 6.61 Å². The lowest BCUT2D eigenvalue weighted by atomic mass is 9.76. The van der Waals surface area contributed by atoms with Crippen LogP contribution >= 0.6 is 0 Å². The maximum Gasteiger partial charge on any atom is 0.329 e. The number of carbonyl (C=O) groups excluding carboxylic acids is 2. The van der Waals surface area contributed by atoms with E-state index in [2.05, 4.69) is 5.32 Å². The molecular formula is C14H17NO3. The van der Waals surface area contributed by atoms with E-state index in [0.29, 0.717) is 13.0 Å². The summed E-state index contributed by atoms with van der Waals surface area (Å²) in [4.78, 5) is 23.6. The molecule has 2 rings (SSSR count). The molecule has 18 heavy (non-hydrogen) atoms. The van der Waals surface area contributed by atoms with E-state index in [0.717, 1.165) is 5.56 Å². The lowest BCUT2D eigenvalue weighted by Gasteiger charge is -2.28. The highest BCUT2D eigenvalue weighted by molar-refractivity contribution is 5.91. The fourth-order valence-corrected chi connectivity index (χ4v) is 2.44. The SMILES string of the molecule is CCOC(=O)C1NC(=O)CC1(C)c1ccccc1. The summed E-state index contributed by atoms with van der Waals surface area (Å²) in [6, 6.07) is 9.00. The fourth-order valence-electron chi connectivity index (χ4n) is 2.44. The van der Waals surface area contributed by atoms with Gasteiger partial charge in [-0.15, -0.1) is 0 Å². The van der Waals surface area contributed by atoms with Gasteiger partial charge in [0.1, 0.15) is 6.04 Å². The van der Waals surface area contributed by atoms with Gasteiger partial charge >= 0.3 is 5.97 Å². The summed E-state index contributed by atoms with van der Waals surface area (Å²) < 4.78 is 5.04. The molecule has 1 aliphatic heterocycles. The molecule has 2 unspecified atom stereocenters. The predicted molar refractivity (Wildman–Crippen MR) is 67.0 cm³/mol. The van der Waals surface area contributed by atoms with E-state index in [9.17, 15) is 9.59 Å². The van der Waals surface area contributed by atoms with Crippen molar-refractivity contribution in [3.05, 3.63) is 35.9 Å². The fraction of sp³-hybridized carbons (Fsp3) is 0.429. The zero-order chi connectivity index (χ0) is 13.2. The first-order valence-electron chi connectivity index (χ1n) is 6.09. The molecule has 1 heterocycles. The number of ether oxygens (including phenoxy) is 1. The normalized spacial score (nSPS) is 26.8. The quantitative estimate of drug-likeness (QED) is 0.821. The number of amides is 1. The molecule has 0 aliphatic carbocycles. The van der Waals surface area contributed by atoms with Gasteiger partial charge in [-0.1, -0.05) is 37.3 Å². The zero-order valence-corrected chi connectivity index (χ0v) is 10.6. The van der Waals surface area contributed by atoms with Crippen molar-refractivity contribution in [3.63, 3.8) is 0 Å². The highest BCUT2D eigenvalue weighted by atomic mass is 16.5. The molecule has 0 spiro atoms. The van der Waals surface area contributed by atoms with Gasteiger partial charge < -0.3 is 10.1 Å². The Hall–Kier alpha value is -1.84. The second-order valence-electron chi connectivity index (χ2n) is 4.71. The minimum atomic E-state index is -0.604. The van der Waals surface area contributed by atoms with Crippen LogP contribution in [0.4, 0.5) is 0 Å². The van der Waals surface area contributed by atoms with Crippen molar-refractivity contribution in [1.29, 1.82) is 0 Å². The molecule has 1 N–H and O–H groups in total. The molecule has 96 valence electrons. The molecule has 1 saturated heterocycles. The monoisotopic (exact) mass is 247 g/mol. The predicted octanol–water partition coefficient (Wildman–Crippen LogP) is 1.40. The van der Waals surface area contributed by atoms with Crippen molar-refractivity contribution in [2.24, 2.45) is 0 Å². The Morgan fingerprint density at radius 2 is 2.11 bits per heavy atom. The van der Waals surface area contributed by atoms with Gasteiger partial charge in [0.05, 0.1) is 6.61 Å². The molecule has 4 nitrogen and oxygen atoms in total. The number of rotatable bonds is 3. The summed E-state index contributed by atoms with van der Waals surface area (Å²) in [7, 11) is 0. The molecule has 1 aliphatic rings. The second kappa shape index (κ2) is 4.80. The van der Waals surface area contributed by atoms with Gasteiger partial charge in [0.15, 0.2) is 0 Å². The van der Waals surface area contributed by atoms with Crippen molar-refractivity contribution in [1.82, 2.24) is 5.32 Å². The van der Waals surface area contributed by atoms with Crippen LogP contribution in [0.15, 0.2) is 30.3 Å². The van der Waals surface area contributed by atoms with Crippen molar-refractivity contribution in [2.45, 2.75) is 31.7 Å². The summed E-state index contributed by atoms with van der Waals surface area (Å²) in [6.07, 6.45) is 0.306. The highest BCUT2D eigenvalue weighted by Crippen LogP contribution is 2.36. The van der Waals surface area contributed by atoms with Crippen LogP contribution in [0.25, 0.3) is 0 Å². The summed E-state index contributed by atoms with van der Waals surface area (Å²) in [6.45, 7) is 3.99. The molecule has 1 aromatic rings. The van der Waals surface area contributed by atoms with E-state index < -0.39 is 11.5 Å².